The second-order valence-electron chi connectivity index (χ2n) is 10.0. The highest BCUT2D eigenvalue weighted by Gasteiger charge is 2.66. The van der Waals surface area contributed by atoms with E-state index in [1.54, 1.807) is 0 Å². The molecule has 0 aromatic heterocycles. The Hall–Kier alpha value is -0.540. The van der Waals surface area contributed by atoms with Crippen LogP contribution >= 0.6 is 0 Å². The molecule has 0 amide bonds. The van der Waals surface area contributed by atoms with E-state index in [4.69, 9.17) is 5.73 Å². The van der Waals surface area contributed by atoms with Crippen molar-refractivity contribution in [2.75, 3.05) is 0 Å². The van der Waals surface area contributed by atoms with Crippen molar-refractivity contribution < 1.29 is 10.2 Å². The molecule has 1 unspecified atom stereocenters. The van der Waals surface area contributed by atoms with Crippen molar-refractivity contribution in [1.82, 2.24) is 0 Å². The Morgan fingerprint density at radius 3 is 2.46 bits per heavy atom. The predicted octanol–water partition coefficient (Wildman–Crippen LogP) is 4.16. The Balaban J connectivity index is 1.68. The van der Waals surface area contributed by atoms with Gasteiger partial charge < -0.3 is 15.9 Å². The molecule has 0 heterocycles. The maximum absolute atomic E-state index is 10.2. The minimum Gasteiger partial charge on any atom is -0.513 e. The van der Waals surface area contributed by atoms with Crippen LogP contribution in [0.15, 0.2) is 12.3 Å². The molecule has 0 aliphatic heterocycles. The predicted molar refractivity (Wildman–Crippen MR) is 96.4 cm³/mol. The van der Waals surface area contributed by atoms with Gasteiger partial charge in [-0.1, -0.05) is 20.4 Å². The summed E-state index contributed by atoms with van der Waals surface area (Å²) in [5.41, 5.74) is 7.38. The molecule has 4 saturated carbocycles. The molecule has 4 N–H and O–H groups in total. The van der Waals surface area contributed by atoms with E-state index in [9.17, 15) is 10.2 Å². The molecule has 3 heteroatoms. The fourth-order valence-corrected chi connectivity index (χ4v) is 7.84. The number of rotatable bonds is 1. The molecule has 0 radical (unpaired) electrons. The van der Waals surface area contributed by atoms with Gasteiger partial charge in [-0.25, -0.2) is 0 Å². The van der Waals surface area contributed by atoms with Gasteiger partial charge >= 0.3 is 0 Å². The van der Waals surface area contributed by atoms with E-state index in [0.29, 0.717) is 28.9 Å². The van der Waals surface area contributed by atoms with Crippen molar-refractivity contribution >= 4 is 0 Å². The molecular weight excluding hydrogens is 298 g/mol. The van der Waals surface area contributed by atoms with Crippen LogP contribution in [0.5, 0.6) is 0 Å². The number of hydrogen-bond acceptors (Lipinski definition) is 3. The zero-order valence-electron chi connectivity index (χ0n) is 15.4. The fraction of sp³-hybridized carbons (Fsp3) is 0.905. The first kappa shape index (κ1) is 16.9. The number of allylic oxidation sites excluding steroid dienone is 1. The maximum atomic E-state index is 10.2. The largest absolute Gasteiger partial charge is 0.513 e. The third-order valence-corrected chi connectivity index (χ3v) is 9.38. The third kappa shape index (κ3) is 1.97. The first-order valence-corrected chi connectivity index (χ1v) is 10.1. The molecule has 4 rings (SSSR count). The average molecular weight is 334 g/mol. The van der Waals surface area contributed by atoms with E-state index in [2.05, 4.69) is 20.4 Å². The average Bonchev–Trinajstić information content (AvgIpc) is 2.80. The SMILES string of the molecule is C=C(O)C1CC[C@]2(N)[C@@H]3CC[C@@H]4C[C@@H](O)CC[C@]4(C)[C@H]3CC[C@]12C. The van der Waals surface area contributed by atoms with Crippen LogP contribution in [0.4, 0.5) is 0 Å². The van der Waals surface area contributed by atoms with Crippen LogP contribution in [0, 0.1) is 34.5 Å². The highest BCUT2D eigenvalue weighted by atomic mass is 16.3. The van der Waals surface area contributed by atoms with Gasteiger partial charge in [-0.15, -0.1) is 0 Å². The van der Waals surface area contributed by atoms with Crippen LogP contribution in [-0.2, 0) is 0 Å². The normalized spacial score (nSPS) is 56.9. The molecule has 3 nitrogen and oxygen atoms in total. The lowest BCUT2D eigenvalue weighted by Gasteiger charge is -2.64. The number of aliphatic hydroxyl groups is 2. The van der Waals surface area contributed by atoms with Crippen LogP contribution in [0.3, 0.4) is 0 Å². The number of nitrogens with two attached hydrogens (primary N) is 1. The van der Waals surface area contributed by atoms with Crippen molar-refractivity contribution in [3.05, 3.63) is 12.3 Å². The molecule has 0 spiro atoms. The van der Waals surface area contributed by atoms with E-state index in [1.165, 1.54) is 19.3 Å². The van der Waals surface area contributed by atoms with Crippen molar-refractivity contribution in [1.29, 1.82) is 0 Å². The van der Waals surface area contributed by atoms with Gasteiger partial charge in [-0.3, -0.25) is 0 Å². The zero-order chi connectivity index (χ0) is 17.3. The van der Waals surface area contributed by atoms with Gasteiger partial charge in [0.25, 0.3) is 0 Å². The van der Waals surface area contributed by atoms with Gasteiger partial charge in [-0.05, 0) is 86.4 Å². The molecule has 0 aromatic carbocycles. The summed E-state index contributed by atoms with van der Waals surface area (Å²) >= 11 is 0. The first-order valence-electron chi connectivity index (χ1n) is 10.1. The summed E-state index contributed by atoms with van der Waals surface area (Å²) in [6.45, 7) is 8.68. The van der Waals surface area contributed by atoms with Crippen molar-refractivity contribution in [2.45, 2.75) is 83.3 Å². The lowest BCUT2D eigenvalue weighted by Crippen LogP contribution is -2.66. The summed E-state index contributed by atoms with van der Waals surface area (Å²) in [5.74, 6) is 2.44. The Morgan fingerprint density at radius 1 is 1.00 bits per heavy atom. The molecule has 4 aliphatic carbocycles. The second-order valence-corrected chi connectivity index (χ2v) is 10.0. The first-order chi connectivity index (χ1) is 11.2. The van der Waals surface area contributed by atoms with Crippen molar-refractivity contribution in [2.24, 2.45) is 40.2 Å². The smallest absolute Gasteiger partial charge is 0.0888 e. The topological polar surface area (TPSA) is 66.5 Å². The van der Waals surface area contributed by atoms with Crippen molar-refractivity contribution in [3.63, 3.8) is 0 Å². The van der Waals surface area contributed by atoms with E-state index >= 15 is 0 Å². The van der Waals surface area contributed by atoms with E-state index in [1.807, 2.05) is 0 Å². The highest BCUT2D eigenvalue weighted by Crippen LogP contribution is 2.68. The van der Waals surface area contributed by atoms with Gasteiger partial charge in [0.1, 0.15) is 0 Å². The third-order valence-electron chi connectivity index (χ3n) is 9.38. The van der Waals surface area contributed by atoms with Crippen LogP contribution in [-0.4, -0.2) is 21.9 Å². The summed E-state index contributed by atoms with van der Waals surface area (Å²) in [7, 11) is 0. The van der Waals surface area contributed by atoms with Crippen LogP contribution < -0.4 is 5.73 Å². The number of hydrogen-bond donors (Lipinski definition) is 3. The van der Waals surface area contributed by atoms with Gasteiger partial charge in [0, 0.05) is 11.5 Å². The fourth-order valence-electron chi connectivity index (χ4n) is 7.84. The zero-order valence-corrected chi connectivity index (χ0v) is 15.4. The molecule has 136 valence electrons. The van der Waals surface area contributed by atoms with Gasteiger partial charge in [0.2, 0.25) is 0 Å². The Bertz CT molecular complexity index is 548. The standard InChI is InChI=1S/C21H35NO2/c1-13(23)16-8-11-21(22)18-5-4-14-12-15(24)6-9-19(14,2)17(18)7-10-20(16,21)3/h14-18,23-24H,1,4-12,22H2,2-3H3/t14-,15+,16?,17+,18-,19+,20-,21+/m1/s1. The van der Waals surface area contributed by atoms with Gasteiger partial charge in [0.15, 0.2) is 0 Å². The molecule has 8 atom stereocenters. The summed E-state index contributed by atoms with van der Waals surface area (Å²) in [5, 5.41) is 20.3. The van der Waals surface area contributed by atoms with Gasteiger partial charge in [0.05, 0.1) is 11.9 Å². The Kier molecular flexibility index (Phi) is 3.69. The van der Waals surface area contributed by atoms with E-state index < -0.39 is 0 Å². The minimum atomic E-state index is -0.156. The maximum Gasteiger partial charge on any atom is 0.0888 e. The quantitative estimate of drug-likeness (QED) is 0.631. The Morgan fingerprint density at radius 2 is 1.75 bits per heavy atom. The second kappa shape index (κ2) is 5.23. The summed E-state index contributed by atoms with van der Waals surface area (Å²) in [4.78, 5) is 0. The van der Waals surface area contributed by atoms with Crippen LogP contribution in [0.1, 0.15) is 71.6 Å². The number of fused-ring (bicyclic) bond motifs is 5. The van der Waals surface area contributed by atoms with Gasteiger partial charge in [-0.2, -0.15) is 0 Å². The summed E-state index contributed by atoms with van der Waals surface area (Å²) < 4.78 is 0. The Labute approximate surface area is 146 Å². The molecule has 0 aromatic rings. The number of aliphatic hydroxyl groups excluding tert-OH is 2. The van der Waals surface area contributed by atoms with Crippen LogP contribution in [0.2, 0.25) is 0 Å². The van der Waals surface area contributed by atoms with E-state index in [-0.39, 0.29) is 23.0 Å². The molecule has 4 aliphatic rings. The van der Waals surface area contributed by atoms with E-state index in [0.717, 1.165) is 38.5 Å². The molecule has 4 fully saturated rings. The monoisotopic (exact) mass is 333 g/mol. The minimum absolute atomic E-state index is 0.00260. The lowest BCUT2D eigenvalue weighted by atomic mass is 9.42. The van der Waals surface area contributed by atoms with Crippen LogP contribution in [0.25, 0.3) is 0 Å². The molecular formula is C21H35NO2. The molecule has 0 bridgehead atoms. The highest BCUT2D eigenvalue weighted by molar-refractivity contribution is 5.22. The van der Waals surface area contributed by atoms with Crippen molar-refractivity contribution in [3.8, 4) is 0 Å². The summed E-state index contributed by atoms with van der Waals surface area (Å²) in [6.07, 6.45) is 9.79. The summed E-state index contributed by atoms with van der Waals surface area (Å²) in [6, 6.07) is 0. The lowest BCUT2D eigenvalue weighted by molar-refractivity contribution is -0.135. The molecule has 24 heavy (non-hydrogen) atoms. The molecule has 0 saturated heterocycles.